The van der Waals surface area contributed by atoms with E-state index in [0.717, 1.165) is 49.8 Å². The zero-order valence-electron chi connectivity index (χ0n) is 12.6. The van der Waals surface area contributed by atoms with Gasteiger partial charge in [0.2, 0.25) is 5.91 Å². The molecule has 5 heteroatoms. The highest BCUT2D eigenvalue weighted by atomic mass is 32.2. The van der Waals surface area contributed by atoms with E-state index >= 15 is 0 Å². The molecule has 1 amide bonds. The van der Waals surface area contributed by atoms with Crippen LogP contribution < -0.4 is 0 Å². The van der Waals surface area contributed by atoms with Gasteiger partial charge in [0.15, 0.2) is 11.6 Å². The summed E-state index contributed by atoms with van der Waals surface area (Å²) in [6.07, 6.45) is 4.58. The van der Waals surface area contributed by atoms with E-state index in [-0.39, 0.29) is 11.9 Å². The van der Waals surface area contributed by atoms with Gasteiger partial charge in [0, 0.05) is 13.0 Å². The summed E-state index contributed by atoms with van der Waals surface area (Å²) in [5.74, 6) is 1.28. The molecule has 2 nitrogen and oxygen atoms in total. The molecule has 3 rings (SSSR count). The molecule has 2 saturated heterocycles. The van der Waals surface area contributed by atoms with Crippen molar-refractivity contribution in [3.05, 3.63) is 35.4 Å². The van der Waals surface area contributed by atoms with Crippen molar-refractivity contribution in [1.29, 1.82) is 0 Å². The number of amides is 1. The summed E-state index contributed by atoms with van der Waals surface area (Å²) < 4.78 is 26.5. The van der Waals surface area contributed by atoms with Crippen LogP contribution in [-0.4, -0.2) is 28.9 Å². The van der Waals surface area contributed by atoms with Crippen molar-refractivity contribution in [3.8, 4) is 0 Å². The zero-order chi connectivity index (χ0) is 15.5. The van der Waals surface area contributed by atoms with Crippen molar-refractivity contribution in [2.45, 2.75) is 38.1 Å². The molecule has 0 spiro atoms. The third-order valence-corrected chi connectivity index (χ3v) is 5.75. The van der Waals surface area contributed by atoms with Crippen LogP contribution in [0.2, 0.25) is 0 Å². The molecule has 2 aliphatic heterocycles. The van der Waals surface area contributed by atoms with Crippen LogP contribution in [0.3, 0.4) is 0 Å². The molecule has 2 heterocycles. The third-order valence-electron chi connectivity index (χ3n) is 4.71. The number of rotatable bonds is 3. The van der Waals surface area contributed by atoms with E-state index in [1.165, 1.54) is 6.07 Å². The van der Waals surface area contributed by atoms with Gasteiger partial charge in [0.25, 0.3) is 0 Å². The van der Waals surface area contributed by atoms with Gasteiger partial charge in [-0.05, 0) is 60.8 Å². The number of nitrogens with zero attached hydrogens (tertiary/aromatic N) is 1. The Bertz CT molecular complexity index is 545. The SMILES string of the molecule is O=C(CC1CCSCC1)N1CCCC1c1ccc(F)c(F)c1. The number of hydrogen-bond acceptors (Lipinski definition) is 2. The molecule has 2 aliphatic rings. The maximum atomic E-state index is 13.5. The number of halogens is 2. The van der Waals surface area contributed by atoms with Gasteiger partial charge in [0.1, 0.15) is 0 Å². The molecule has 0 aliphatic carbocycles. The van der Waals surface area contributed by atoms with Gasteiger partial charge >= 0.3 is 0 Å². The number of benzene rings is 1. The van der Waals surface area contributed by atoms with Crippen molar-refractivity contribution in [2.75, 3.05) is 18.1 Å². The maximum Gasteiger partial charge on any atom is 0.223 e. The largest absolute Gasteiger partial charge is 0.336 e. The quantitative estimate of drug-likeness (QED) is 0.831. The van der Waals surface area contributed by atoms with Gasteiger partial charge < -0.3 is 4.90 Å². The van der Waals surface area contributed by atoms with E-state index in [1.54, 1.807) is 6.07 Å². The van der Waals surface area contributed by atoms with Crippen molar-refractivity contribution in [1.82, 2.24) is 4.90 Å². The lowest BCUT2D eigenvalue weighted by atomic mass is 9.97. The normalized spacial score (nSPS) is 23.0. The lowest BCUT2D eigenvalue weighted by Gasteiger charge is -2.28. The fraction of sp³-hybridized carbons (Fsp3) is 0.588. The molecule has 1 aromatic rings. The van der Waals surface area contributed by atoms with Crippen LogP contribution in [0, 0.1) is 17.6 Å². The van der Waals surface area contributed by atoms with Crippen LogP contribution in [0.1, 0.15) is 43.7 Å². The predicted molar refractivity (Wildman–Crippen MR) is 84.7 cm³/mol. The van der Waals surface area contributed by atoms with Crippen molar-refractivity contribution in [3.63, 3.8) is 0 Å². The van der Waals surface area contributed by atoms with E-state index in [0.29, 0.717) is 17.9 Å². The monoisotopic (exact) mass is 325 g/mol. The molecule has 1 atom stereocenters. The predicted octanol–water partition coefficient (Wildman–Crippen LogP) is 4.16. The first-order chi connectivity index (χ1) is 10.6. The first-order valence-corrected chi connectivity index (χ1v) is 9.13. The minimum absolute atomic E-state index is 0.0967. The molecular weight excluding hydrogens is 304 g/mol. The molecule has 1 unspecified atom stereocenters. The minimum Gasteiger partial charge on any atom is -0.336 e. The molecule has 0 N–H and O–H groups in total. The minimum atomic E-state index is -0.834. The first-order valence-electron chi connectivity index (χ1n) is 7.97. The van der Waals surface area contributed by atoms with E-state index < -0.39 is 11.6 Å². The smallest absolute Gasteiger partial charge is 0.223 e. The number of carbonyl (C=O) groups excluding carboxylic acids is 1. The van der Waals surface area contributed by atoms with E-state index in [4.69, 9.17) is 0 Å². The second-order valence-electron chi connectivity index (χ2n) is 6.18. The topological polar surface area (TPSA) is 20.3 Å². The third kappa shape index (κ3) is 3.45. The molecule has 0 bridgehead atoms. The Balaban J connectivity index is 1.69. The van der Waals surface area contributed by atoms with Crippen LogP contribution in [-0.2, 0) is 4.79 Å². The van der Waals surface area contributed by atoms with Gasteiger partial charge in [-0.15, -0.1) is 0 Å². The summed E-state index contributed by atoms with van der Waals surface area (Å²) in [5.41, 5.74) is 0.712. The Labute approximate surface area is 134 Å². The summed E-state index contributed by atoms with van der Waals surface area (Å²) in [5, 5.41) is 0. The van der Waals surface area contributed by atoms with Crippen molar-refractivity contribution < 1.29 is 13.6 Å². The highest BCUT2D eigenvalue weighted by molar-refractivity contribution is 7.99. The fourth-order valence-corrected chi connectivity index (χ4v) is 4.65. The van der Waals surface area contributed by atoms with Crippen LogP contribution in [0.5, 0.6) is 0 Å². The molecule has 22 heavy (non-hydrogen) atoms. The summed E-state index contributed by atoms with van der Waals surface area (Å²) in [7, 11) is 0. The Morgan fingerprint density at radius 3 is 2.68 bits per heavy atom. The van der Waals surface area contributed by atoms with Gasteiger partial charge in [-0.1, -0.05) is 6.07 Å². The Morgan fingerprint density at radius 1 is 1.18 bits per heavy atom. The van der Waals surface area contributed by atoms with E-state index in [1.807, 2.05) is 16.7 Å². The lowest BCUT2D eigenvalue weighted by Crippen LogP contribution is -2.32. The average molecular weight is 325 g/mol. The molecular formula is C17H21F2NOS. The molecule has 120 valence electrons. The van der Waals surface area contributed by atoms with Gasteiger partial charge in [-0.25, -0.2) is 8.78 Å². The van der Waals surface area contributed by atoms with Gasteiger partial charge in [0.05, 0.1) is 6.04 Å². The second kappa shape index (κ2) is 6.99. The van der Waals surface area contributed by atoms with Crippen molar-refractivity contribution >= 4 is 17.7 Å². The molecule has 0 aromatic heterocycles. The molecule has 1 aromatic carbocycles. The molecule has 2 fully saturated rings. The van der Waals surface area contributed by atoms with E-state index in [9.17, 15) is 13.6 Å². The van der Waals surface area contributed by atoms with Gasteiger partial charge in [-0.3, -0.25) is 4.79 Å². The first kappa shape index (κ1) is 15.8. The van der Waals surface area contributed by atoms with Crippen LogP contribution in [0.25, 0.3) is 0 Å². The Kier molecular flexibility index (Phi) is 5.01. The van der Waals surface area contributed by atoms with E-state index in [2.05, 4.69) is 0 Å². The highest BCUT2D eigenvalue weighted by Crippen LogP contribution is 2.34. The summed E-state index contributed by atoms with van der Waals surface area (Å²) >= 11 is 1.96. The maximum absolute atomic E-state index is 13.5. The standard InChI is InChI=1S/C17H21F2NOS/c18-14-4-3-13(11-15(14)19)16-2-1-7-20(16)17(21)10-12-5-8-22-9-6-12/h3-4,11-12,16H,1-2,5-10H2. The summed E-state index contributed by atoms with van der Waals surface area (Å²) in [4.78, 5) is 14.5. The molecule has 0 radical (unpaired) electrons. The second-order valence-corrected chi connectivity index (χ2v) is 7.40. The summed E-state index contributed by atoms with van der Waals surface area (Å²) in [6.45, 7) is 0.726. The Hall–Kier alpha value is -1.10. The number of carbonyl (C=O) groups is 1. The highest BCUT2D eigenvalue weighted by Gasteiger charge is 2.31. The van der Waals surface area contributed by atoms with Crippen LogP contribution in [0.4, 0.5) is 8.78 Å². The van der Waals surface area contributed by atoms with Gasteiger partial charge in [-0.2, -0.15) is 11.8 Å². The fourth-order valence-electron chi connectivity index (χ4n) is 3.45. The summed E-state index contributed by atoms with van der Waals surface area (Å²) in [6, 6.07) is 3.90. The lowest BCUT2D eigenvalue weighted by molar-refractivity contribution is -0.133. The number of thioether (sulfide) groups is 1. The van der Waals surface area contributed by atoms with Crippen LogP contribution >= 0.6 is 11.8 Å². The van der Waals surface area contributed by atoms with Crippen LogP contribution in [0.15, 0.2) is 18.2 Å². The number of likely N-dealkylation sites (tertiary alicyclic amines) is 1. The average Bonchev–Trinajstić information content (AvgIpc) is 3.01. The zero-order valence-corrected chi connectivity index (χ0v) is 13.4. The Morgan fingerprint density at radius 2 is 1.95 bits per heavy atom. The molecule has 0 saturated carbocycles. The number of hydrogen-bond donors (Lipinski definition) is 0. The van der Waals surface area contributed by atoms with Crippen molar-refractivity contribution in [2.24, 2.45) is 5.92 Å².